The first-order valence-electron chi connectivity index (χ1n) is 5.61. The number of aliphatic hydroxyl groups is 1. The van der Waals surface area contributed by atoms with Gasteiger partial charge in [-0.15, -0.1) is 0 Å². The summed E-state index contributed by atoms with van der Waals surface area (Å²) in [4.78, 5) is 35.8. The number of rotatable bonds is 4. The SMILES string of the molecule is [15NH2][13c]1[13cH][13cH][15n]([13C@H]2[13CH2][13C@@H](O)[13C@@H]([13CH2]OP(=O)([O-])[O-])O2)[13c](=O)[15n]1.[Li+].[Li+]. The van der Waals surface area contributed by atoms with Gasteiger partial charge >= 0.3 is 43.4 Å². The van der Waals surface area contributed by atoms with E-state index < -0.39 is 38.6 Å². The molecule has 13 heteroatoms. The zero-order valence-corrected chi connectivity index (χ0v) is 13.0. The molecule has 0 spiro atoms. The van der Waals surface area contributed by atoms with Gasteiger partial charge in [0.1, 0.15) is 18.1 Å². The predicted octanol–water partition coefficient (Wildman–Crippen LogP) is -8.67. The Labute approximate surface area is 149 Å². The number of hydrogen-bond donors (Lipinski definition) is 2. The summed E-state index contributed by atoms with van der Waals surface area (Å²) in [6.07, 6.45) is -1.56. The molecule has 2 rings (SSSR count). The molecule has 1 fully saturated rings. The Morgan fingerprint density at radius 3 is 2.73 bits per heavy atom. The van der Waals surface area contributed by atoms with Crippen molar-refractivity contribution in [1.82, 2.24) is 9.55 Å². The number of nitrogens with zero attached hydrogens (tertiary/aromatic N) is 2. The van der Waals surface area contributed by atoms with Crippen molar-refractivity contribution in [3.05, 3.63) is 22.7 Å². The van der Waals surface area contributed by atoms with Crippen LogP contribution < -0.4 is 58.9 Å². The fraction of sp³-hybridized carbons (Fsp3) is 0.556. The molecule has 3 atom stereocenters. The smallest absolute Gasteiger partial charge is 0.790 e. The molecule has 2 heterocycles. The van der Waals surface area contributed by atoms with Gasteiger partial charge in [-0.25, -0.2) is 4.79 Å². The van der Waals surface area contributed by atoms with E-state index in [1.54, 1.807) is 0 Å². The van der Waals surface area contributed by atoms with Crippen molar-refractivity contribution in [2.45, 2.75) is 24.9 Å². The summed E-state index contributed by atoms with van der Waals surface area (Å²) in [5.41, 5.74) is 4.68. The van der Waals surface area contributed by atoms with Gasteiger partial charge in [0.15, 0.2) is 0 Å². The van der Waals surface area contributed by atoms with E-state index in [2.05, 4.69) is 9.51 Å². The third-order valence-electron chi connectivity index (χ3n) is 2.76. The largest absolute Gasteiger partial charge is 1.00 e. The average molecular weight is 331 g/mol. The molecule has 0 unspecified atom stereocenters. The van der Waals surface area contributed by atoms with E-state index in [1.807, 2.05) is 0 Å². The van der Waals surface area contributed by atoms with E-state index in [1.165, 1.54) is 12.3 Å². The van der Waals surface area contributed by atoms with Gasteiger partial charge in [0, 0.05) is 12.6 Å². The van der Waals surface area contributed by atoms with Crippen molar-refractivity contribution in [2.24, 2.45) is 0 Å². The van der Waals surface area contributed by atoms with Crippen LogP contribution in [0.2, 0.25) is 0 Å². The third-order valence-corrected chi connectivity index (χ3v) is 3.23. The second-order valence-corrected chi connectivity index (χ2v) is 5.37. The second kappa shape index (κ2) is 8.67. The van der Waals surface area contributed by atoms with E-state index in [0.29, 0.717) is 0 Å². The van der Waals surface area contributed by atoms with Crippen LogP contribution in [0, 0.1) is 0 Å². The van der Waals surface area contributed by atoms with Crippen LogP contribution in [0.3, 0.4) is 0 Å². The summed E-state index contributed by atoms with van der Waals surface area (Å²) in [5, 5.41) is 9.70. The maximum atomic E-state index is 11.6. The van der Waals surface area contributed by atoms with Crippen LogP contribution in [-0.4, -0.2) is 33.5 Å². The monoisotopic (exact) mass is 331 g/mol. The van der Waals surface area contributed by atoms with Crippen molar-refractivity contribution >= 4 is 13.6 Å². The van der Waals surface area contributed by atoms with Gasteiger partial charge < -0.3 is 34.5 Å². The molecule has 112 valence electrons. The van der Waals surface area contributed by atoms with E-state index in [-0.39, 0.29) is 50.0 Å². The molecule has 1 aromatic rings. The first kappa shape index (κ1) is 21.9. The van der Waals surface area contributed by atoms with Crippen LogP contribution in [0.4, 0.5) is 5.82 Å². The zero-order chi connectivity index (χ0) is 14.9. The Balaban J connectivity index is 0.00000220. The summed E-state index contributed by atoms with van der Waals surface area (Å²) in [6.45, 7) is -0.612. The molecule has 0 saturated carbocycles. The van der Waals surface area contributed by atoms with Crippen LogP contribution >= 0.6 is 7.82 Å². The van der Waals surface area contributed by atoms with Crippen molar-refractivity contribution < 1.29 is 66.4 Å². The number of anilines is 1. The van der Waals surface area contributed by atoms with E-state index in [4.69, 9.17) is 10.5 Å². The minimum atomic E-state index is -5.14. The molecule has 0 bridgehead atoms. The molecule has 10 nitrogen and oxygen atoms in total. The third kappa shape index (κ3) is 5.84. The number of aliphatic hydroxyl groups excluding tert-OH is 1. The van der Waals surface area contributed by atoms with Crippen LogP contribution in [0.25, 0.3) is 0 Å². The fourth-order valence-corrected chi connectivity index (χ4v) is 2.18. The van der Waals surface area contributed by atoms with Crippen molar-refractivity contribution in [3.8, 4) is 0 Å². The predicted molar refractivity (Wildman–Crippen MR) is 61.0 cm³/mol. The summed E-state index contributed by atoms with van der Waals surface area (Å²) in [6, 6.07) is 1.38. The molecule has 0 aliphatic carbocycles. The summed E-state index contributed by atoms with van der Waals surface area (Å²) in [7, 11) is -5.14. The number of phosphoric acid groups is 1. The normalized spacial score (nSPS) is 24.4. The first-order chi connectivity index (χ1) is 9.26. The molecule has 1 aliphatic heterocycles. The van der Waals surface area contributed by atoms with Gasteiger partial charge in [-0.1, -0.05) is 0 Å². The topological polar surface area (TPSA) is 163 Å². The zero-order valence-electron chi connectivity index (χ0n) is 12.1. The van der Waals surface area contributed by atoms with E-state index in [0.717, 1.165) is 4.57 Å². The van der Waals surface area contributed by atoms with Gasteiger partial charge in [0.2, 0.25) is 0 Å². The van der Waals surface area contributed by atoms with Crippen LogP contribution in [0.15, 0.2) is 17.1 Å². The van der Waals surface area contributed by atoms with Gasteiger partial charge in [-0.05, 0) is 6.07 Å². The molecule has 3 N–H and O–H groups in total. The Morgan fingerprint density at radius 2 is 2.18 bits per heavy atom. The average Bonchev–Trinajstić information content (AvgIpc) is 2.67. The molecule has 1 aromatic heterocycles. The summed E-state index contributed by atoms with van der Waals surface area (Å²) >= 11 is 0. The fourth-order valence-electron chi connectivity index (χ4n) is 1.85. The number of phosphoric ester groups is 1. The number of nitrogens with two attached hydrogens (primary N) is 1. The molecule has 1 saturated heterocycles. The molecule has 0 radical (unpaired) electrons. The number of ether oxygens (including phenoxy) is 1. The first-order valence-corrected chi connectivity index (χ1v) is 7.07. The van der Waals surface area contributed by atoms with Crippen LogP contribution in [-0.2, 0) is 13.8 Å². The molecular weight excluding hydrogens is 319 g/mol. The van der Waals surface area contributed by atoms with Gasteiger partial charge in [-0.2, -0.15) is 4.98 Å². The van der Waals surface area contributed by atoms with E-state index >= 15 is 0 Å². The van der Waals surface area contributed by atoms with Gasteiger partial charge in [0.05, 0.1) is 20.5 Å². The standard InChI is InChI=1S/C9H14N3O7P.2Li/c10-7-1-2-12(9(14)11-7)8-3-5(13)6(19-8)4-18-20(15,16)17;;/h1-2,5-6,8,13H,3-4H2,(H2,10,11,14)(H2,15,16,17);;/q;2*+1/p-2/t5-,6-,8-;;/m1../s1/i1+1,2+1,3+1,4+1,5+1,6+1,7+1,8+1,9+1,10+1,11+1,12+1;;. The summed E-state index contributed by atoms with van der Waals surface area (Å²) in [5.74, 6) is 0.0447. The number of hydrogen-bond acceptors (Lipinski definition) is 9. The molecule has 1 aliphatic rings. The van der Waals surface area contributed by atoms with Crippen molar-refractivity contribution in [1.29, 1.82) is 0 Å². The summed E-state index contributed by atoms with van der Waals surface area (Å²) < 4.78 is 20.8. The molecule has 0 aromatic carbocycles. The van der Waals surface area contributed by atoms with Crippen LogP contribution in [0.1, 0.15) is 12.6 Å². The van der Waals surface area contributed by atoms with Gasteiger partial charge in [-0.3, -0.25) is 4.57 Å². The minimum Gasteiger partial charge on any atom is -0.790 e. The Morgan fingerprint density at radius 1 is 1.55 bits per heavy atom. The minimum absolute atomic E-state index is 0. The number of aromatic nitrogens is 2. The maximum Gasteiger partial charge on any atom is 1.00 e. The van der Waals surface area contributed by atoms with E-state index in [9.17, 15) is 24.3 Å². The molecule has 0 amide bonds. The Hall–Kier alpha value is -0.0952. The van der Waals surface area contributed by atoms with Gasteiger partial charge in [0.25, 0.3) is 0 Å². The Bertz CT molecular complexity index is 595. The van der Waals surface area contributed by atoms with Crippen molar-refractivity contribution in [2.75, 3.05) is 12.3 Å². The Kier molecular flexibility index (Phi) is 8.63. The van der Waals surface area contributed by atoms with Crippen molar-refractivity contribution in [3.63, 3.8) is 0 Å². The molecular formula is C9H12Li2N3O7P. The van der Waals surface area contributed by atoms with Crippen LogP contribution in [0.5, 0.6) is 0 Å². The number of nitrogen functional groups attached to an aromatic ring is 1. The molecule has 22 heavy (non-hydrogen) atoms. The maximum absolute atomic E-state index is 11.6. The second-order valence-electron chi connectivity index (χ2n) is 4.22. The quantitative estimate of drug-likeness (QED) is 0.236.